The Morgan fingerprint density at radius 2 is 1.39 bits per heavy atom. The van der Waals surface area contributed by atoms with Crippen molar-refractivity contribution in [1.29, 1.82) is 0 Å². The largest absolute Gasteiger partial charge is 0.508 e. The Morgan fingerprint density at radius 3 is 2.04 bits per heavy atom. The van der Waals surface area contributed by atoms with Crippen LogP contribution in [0.1, 0.15) is 11.1 Å². The van der Waals surface area contributed by atoms with Gasteiger partial charge in [0.25, 0.3) is 10.0 Å². The molecule has 0 unspecified atom stereocenters. The normalized spacial score (nSPS) is 12.0. The summed E-state index contributed by atoms with van der Waals surface area (Å²) >= 11 is 17.8. The third-order valence-corrected chi connectivity index (χ3v) is 6.13. The number of nitrogens with one attached hydrogen (secondary N) is 1. The maximum absolute atomic E-state index is 12.7. The highest BCUT2D eigenvalue weighted by molar-refractivity contribution is 7.89. The average molecular weight is 456 g/mol. The number of hydrazone groups is 1. The molecule has 0 heterocycles. The first-order chi connectivity index (χ1) is 13.3. The predicted octanol–water partition coefficient (Wildman–Crippen LogP) is 5.08. The van der Waals surface area contributed by atoms with Crippen LogP contribution in [-0.2, 0) is 10.0 Å². The quantitative estimate of drug-likeness (QED) is 0.320. The van der Waals surface area contributed by atoms with Crippen molar-refractivity contribution in [3.05, 3.63) is 92.9 Å². The number of aromatic hydroxyl groups is 1. The zero-order valence-corrected chi connectivity index (χ0v) is 17.2. The van der Waals surface area contributed by atoms with Gasteiger partial charge in [0.2, 0.25) is 0 Å². The number of sulfonamides is 1. The van der Waals surface area contributed by atoms with Crippen molar-refractivity contribution in [1.82, 2.24) is 4.83 Å². The van der Waals surface area contributed by atoms with Crippen molar-refractivity contribution < 1.29 is 13.5 Å². The molecule has 9 heteroatoms. The second-order valence-corrected chi connectivity index (χ2v) is 8.52. The lowest BCUT2D eigenvalue weighted by atomic mass is 10.0. The minimum absolute atomic E-state index is 0.0530. The van der Waals surface area contributed by atoms with E-state index >= 15 is 0 Å². The lowest BCUT2D eigenvalue weighted by Crippen LogP contribution is -2.21. The minimum atomic E-state index is -4.11. The van der Waals surface area contributed by atoms with Gasteiger partial charge >= 0.3 is 0 Å². The standard InChI is InChI=1S/C19H13Cl3N2O3S/c20-15-10-17(22)18(11-16(15)21)28(26,27)24-23-19(12-4-2-1-3-5-12)13-6-8-14(25)9-7-13/h1-11,24-25H/b23-19+. The molecule has 2 N–H and O–H groups in total. The summed E-state index contributed by atoms with van der Waals surface area (Å²) in [5.74, 6) is 0.0827. The number of hydrogen-bond donors (Lipinski definition) is 2. The van der Waals surface area contributed by atoms with Crippen molar-refractivity contribution in [2.24, 2.45) is 5.10 Å². The number of benzene rings is 3. The molecule has 0 radical (unpaired) electrons. The number of rotatable bonds is 5. The Kier molecular flexibility index (Phi) is 6.15. The summed E-state index contributed by atoms with van der Waals surface area (Å²) in [4.78, 5) is 1.94. The van der Waals surface area contributed by atoms with E-state index in [1.807, 2.05) is 6.07 Å². The summed E-state index contributed by atoms with van der Waals surface area (Å²) in [5.41, 5.74) is 1.64. The fraction of sp³-hybridized carbons (Fsp3) is 0. The van der Waals surface area contributed by atoms with Crippen LogP contribution in [0.3, 0.4) is 0 Å². The molecule has 28 heavy (non-hydrogen) atoms. The number of phenols is 1. The molecular formula is C19H13Cl3N2O3S. The van der Waals surface area contributed by atoms with Gasteiger partial charge in [-0.25, -0.2) is 0 Å². The molecule has 0 atom stereocenters. The Labute approximate surface area is 177 Å². The zero-order chi connectivity index (χ0) is 20.3. The SMILES string of the molecule is O=S(=O)(N/N=C(\c1ccccc1)c1ccc(O)cc1)c1cc(Cl)c(Cl)cc1Cl. The van der Waals surface area contributed by atoms with Crippen LogP contribution >= 0.6 is 34.8 Å². The summed E-state index contributed by atoms with van der Waals surface area (Å²) in [5, 5.41) is 13.7. The van der Waals surface area contributed by atoms with Crippen molar-refractivity contribution in [2.45, 2.75) is 4.90 Å². The monoisotopic (exact) mass is 454 g/mol. The van der Waals surface area contributed by atoms with Gasteiger partial charge in [-0.15, -0.1) is 0 Å². The third kappa shape index (κ3) is 4.59. The number of hydrogen-bond acceptors (Lipinski definition) is 4. The first kappa shape index (κ1) is 20.5. The minimum Gasteiger partial charge on any atom is -0.508 e. The maximum Gasteiger partial charge on any atom is 0.278 e. The van der Waals surface area contributed by atoms with E-state index in [0.717, 1.165) is 6.07 Å². The number of halogens is 3. The molecule has 3 aromatic carbocycles. The molecule has 3 rings (SSSR count). The van der Waals surface area contributed by atoms with E-state index in [2.05, 4.69) is 9.93 Å². The third-order valence-electron chi connectivity index (χ3n) is 3.73. The predicted molar refractivity (Wildman–Crippen MR) is 112 cm³/mol. The zero-order valence-electron chi connectivity index (χ0n) is 14.1. The van der Waals surface area contributed by atoms with Crippen molar-refractivity contribution in [2.75, 3.05) is 0 Å². The van der Waals surface area contributed by atoms with Gasteiger partial charge in [0.1, 0.15) is 10.6 Å². The summed E-state index contributed by atoms with van der Waals surface area (Å²) in [6, 6.07) is 17.6. The molecule has 0 aliphatic heterocycles. The molecule has 0 spiro atoms. The molecule has 0 aliphatic rings. The van der Waals surface area contributed by atoms with Crippen LogP contribution in [0.2, 0.25) is 15.1 Å². The summed E-state index contributed by atoms with van der Waals surface area (Å²) in [6.45, 7) is 0. The lowest BCUT2D eigenvalue weighted by molar-refractivity contribution is 0.475. The summed E-state index contributed by atoms with van der Waals surface area (Å²) in [7, 11) is -4.11. The van der Waals surface area contributed by atoms with Crippen LogP contribution < -0.4 is 4.83 Å². The average Bonchev–Trinajstić information content (AvgIpc) is 2.67. The van der Waals surface area contributed by atoms with Crippen molar-refractivity contribution in [3.8, 4) is 5.75 Å². The van der Waals surface area contributed by atoms with Crippen LogP contribution in [0.5, 0.6) is 5.75 Å². The fourth-order valence-corrected chi connectivity index (χ4v) is 4.19. The van der Waals surface area contributed by atoms with Gasteiger partial charge < -0.3 is 5.11 Å². The van der Waals surface area contributed by atoms with E-state index in [-0.39, 0.29) is 25.7 Å². The van der Waals surface area contributed by atoms with Gasteiger partial charge in [-0.2, -0.15) is 18.4 Å². The van der Waals surface area contributed by atoms with Crippen molar-refractivity contribution >= 4 is 50.5 Å². The molecule has 5 nitrogen and oxygen atoms in total. The smallest absolute Gasteiger partial charge is 0.278 e. The van der Waals surface area contributed by atoms with Crippen LogP contribution in [0.15, 0.2) is 76.7 Å². The second kappa shape index (κ2) is 8.41. The summed E-state index contributed by atoms with van der Waals surface area (Å²) < 4.78 is 25.4. The molecule has 0 bridgehead atoms. The molecule has 0 aromatic heterocycles. The lowest BCUT2D eigenvalue weighted by Gasteiger charge is -2.11. The molecule has 0 fully saturated rings. The van der Waals surface area contributed by atoms with Gasteiger partial charge in [0.15, 0.2) is 0 Å². The van der Waals surface area contributed by atoms with Gasteiger partial charge in [0, 0.05) is 11.1 Å². The Morgan fingerprint density at radius 1 is 0.821 bits per heavy atom. The van der Waals surface area contributed by atoms with Gasteiger partial charge in [-0.1, -0.05) is 65.1 Å². The van der Waals surface area contributed by atoms with Gasteiger partial charge in [-0.3, -0.25) is 0 Å². The van der Waals surface area contributed by atoms with Crippen LogP contribution in [0, 0.1) is 0 Å². The molecule has 0 saturated carbocycles. The van der Waals surface area contributed by atoms with E-state index in [9.17, 15) is 13.5 Å². The molecule has 144 valence electrons. The van der Waals surface area contributed by atoms with Crippen LogP contribution in [0.4, 0.5) is 0 Å². The molecule has 0 saturated heterocycles. The first-order valence-corrected chi connectivity index (χ1v) is 10.5. The first-order valence-electron chi connectivity index (χ1n) is 7.87. The number of nitrogens with zero attached hydrogens (tertiary/aromatic N) is 1. The highest BCUT2D eigenvalue weighted by atomic mass is 35.5. The van der Waals surface area contributed by atoms with Gasteiger partial charge in [-0.05, 0) is 36.4 Å². The molecular weight excluding hydrogens is 443 g/mol. The topological polar surface area (TPSA) is 78.8 Å². The Balaban J connectivity index is 2.04. The summed E-state index contributed by atoms with van der Waals surface area (Å²) in [6.07, 6.45) is 0. The fourth-order valence-electron chi connectivity index (χ4n) is 2.38. The van der Waals surface area contributed by atoms with E-state index in [1.165, 1.54) is 18.2 Å². The molecule has 0 aliphatic carbocycles. The number of phenolic OH excluding ortho intramolecular Hbond substituents is 1. The highest BCUT2D eigenvalue weighted by Crippen LogP contribution is 2.31. The second-order valence-electron chi connectivity index (χ2n) is 5.66. The Hall–Kier alpha value is -2.25. The van der Waals surface area contributed by atoms with Gasteiger partial charge in [0.05, 0.1) is 20.8 Å². The van der Waals surface area contributed by atoms with Crippen LogP contribution in [-0.4, -0.2) is 19.2 Å². The molecule has 3 aromatic rings. The van der Waals surface area contributed by atoms with E-state index in [1.54, 1.807) is 36.4 Å². The van der Waals surface area contributed by atoms with Crippen molar-refractivity contribution in [3.63, 3.8) is 0 Å². The van der Waals surface area contributed by atoms with E-state index in [4.69, 9.17) is 34.8 Å². The van der Waals surface area contributed by atoms with E-state index in [0.29, 0.717) is 16.8 Å². The van der Waals surface area contributed by atoms with E-state index < -0.39 is 10.0 Å². The molecule has 0 amide bonds. The van der Waals surface area contributed by atoms with Crippen LogP contribution in [0.25, 0.3) is 0 Å². The maximum atomic E-state index is 12.7. The highest BCUT2D eigenvalue weighted by Gasteiger charge is 2.20. The Bertz CT molecular complexity index is 1130.